The SMILES string of the molecule is NCCCC(=O)OC(=O)[C@@H](N)CCC(=O)OC(=O)C(N)CCN. The van der Waals surface area contributed by atoms with E-state index in [1.807, 2.05) is 0 Å². The fourth-order valence-electron chi connectivity index (χ4n) is 1.41. The van der Waals surface area contributed by atoms with Gasteiger partial charge in [-0.3, -0.25) is 9.59 Å². The van der Waals surface area contributed by atoms with Crippen LogP contribution in [0.2, 0.25) is 0 Å². The van der Waals surface area contributed by atoms with Crippen molar-refractivity contribution >= 4 is 23.9 Å². The fourth-order valence-corrected chi connectivity index (χ4v) is 1.41. The van der Waals surface area contributed by atoms with E-state index in [2.05, 4.69) is 9.47 Å². The van der Waals surface area contributed by atoms with Crippen molar-refractivity contribution < 1.29 is 28.7 Å². The summed E-state index contributed by atoms with van der Waals surface area (Å²) in [4.78, 5) is 45.5. The van der Waals surface area contributed by atoms with Gasteiger partial charge >= 0.3 is 23.9 Å². The standard InChI is InChI=1S/C13H24N4O6/c14-6-1-2-10(18)22-12(20)8(16)3-4-11(19)23-13(21)9(17)5-7-15/h8-9H,1-7,14-17H2/t8-,9?/m0/s1. The van der Waals surface area contributed by atoms with Crippen molar-refractivity contribution in [1.29, 1.82) is 0 Å². The van der Waals surface area contributed by atoms with Crippen LogP contribution in [0, 0.1) is 0 Å². The van der Waals surface area contributed by atoms with Gasteiger partial charge in [0.2, 0.25) is 0 Å². The fraction of sp³-hybridized carbons (Fsp3) is 0.692. The van der Waals surface area contributed by atoms with Gasteiger partial charge in [-0.05, 0) is 32.4 Å². The number of ether oxygens (including phenoxy) is 2. The van der Waals surface area contributed by atoms with Crippen molar-refractivity contribution in [2.24, 2.45) is 22.9 Å². The van der Waals surface area contributed by atoms with Gasteiger partial charge < -0.3 is 32.4 Å². The average molecular weight is 332 g/mol. The first-order valence-electron chi connectivity index (χ1n) is 7.22. The Hall–Kier alpha value is -1.88. The number of esters is 4. The number of nitrogens with two attached hydrogens (primary N) is 4. The minimum atomic E-state index is -1.18. The molecule has 0 fully saturated rings. The quantitative estimate of drug-likeness (QED) is 0.249. The van der Waals surface area contributed by atoms with Crippen molar-refractivity contribution in [3.8, 4) is 0 Å². The van der Waals surface area contributed by atoms with Gasteiger partial charge in [0.1, 0.15) is 12.1 Å². The largest absolute Gasteiger partial charge is 0.392 e. The zero-order chi connectivity index (χ0) is 17.8. The van der Waals surface area contributed by atoms with Gasteiger partial charge in [0.25, 0.3) is 0 Å². The predicted octanol–water partition coefficient (Wildman–Crippen LogP) is -2.35. The van der Waals surface area contributed by atoms with Crippen LogP contribution in [0.3, 0.4) is 0 Å². The lowest BCUT2D eigenvalue weighted by atomic mass is 10.1. The van der Waals surface area contributed by atoms with Crippen molar-refractivity contribution in [3.63, 3.8) is 0 Å². The highest BCUT2D eigenvalue weighted by molar-refractivity contribution is 5.90. The third-order valence-corrected chi connectivity index (χ3v) is 2.76. The summed E-state index contributed by atoms with van der Waals surface area (Å²) in [7, 11) is 0. The van der Waals surface area contributed by atoms with Crippen LogP contribution in [-0.4, -0.2) is 49.1 Å². The second-order valence-corrected chi connectivity index (χ2v) is 4.81. The number of hydrogen-bond donors (Lipinski definition) is 4. The molecule has 10 heteroatoms. The van der Waals surface area contributed by atoms with Gasteiger partial charge in [0, 0.05) is 12.8 Å². The summed E-state index contributed by atoms with van der Waals surface area (Å²) in [6.07, 6.45) is 0.141. The number of carbonyl (C=O) groups excluding carboxylic acids is 4. The van der Waals surface area contributed by atoms with E-state index in [1.54, 1.807) is 0 Å². The van der Waals surface area contributed by atoms with Crippen LogP contribution in [0.25, 0.3) is 0 Å². The summed E-state index contributed by atoms with van der Waals surface area (Å²) in [6.45, 7) is 0.473. The van der Waals surface area contributed by atoms with Crippen molar-refractivity contribution in [2.45, 2.75) is 44.2 Å². The number of carbonyl (C=O) groups is 4. The van der Waals surface area contributed by atoms with Crippen molar-refractivity contribution in [1.82, 2.24) is 0 Å². The second kappa shape index (κ2) is 11.7. The maximum Gasteiger partial charge on any atom is 0.330 e. The average Bonchev–Trinajstić information content (AvgIpc) is 2.50. The lowest BCUT2D eigenvalue weighted by molar-refractivity contribution is -0.160. The van der Waals surface area contributed by atoms with E-state index >= 15 is 0 Å². The Labute approximate surface area is 133 Å². The molecule has 2 atom stereocenters. The third-order valence-electron chi connectivity index (χ3n) is 2.76. The van der Waals surface area contributed by atoms with E-state index < -0.39 is 36.0 Å². The Morgan fingerprint density at radius 2 is 1.22 bits per heavy atom. The highest BCUT2D eigenvalue weighted by Crippen LogP contribution is 2.02. The molecule has 0 aromatic rings. The van der Waals surface area contributed by atoms with E-state index in [9.17, 15) is 19.2 Å². The van der Waals surface area contributed by atoms with E-state index in [1.165, 1.54) is 0 Å². The summed E-state index contributed by atoms with van der Waals surface area (Å²) in [6, 6.07) is -2.17. The zero-order valence-electron chi connectivity index (χ0n) is 12.9. The molecule has 0 heterocycles. The van der Waals surface area contributed by atoms with Crippen LogP contribution in [0.5, 0.6) is 0 Å². The smallest absolute Gasteiger partial charge is 0.330 e. The molecule has 1 unspecified atom stereocenters. The maximum atomic E-state index is 11.5. The molecule has 0 aliphatic carbocycles. The molecule has 0 saturated heterocycles. The zero-order valence-corrected chi connectivity index (χ0v) is 12.9. The Bertz CT molecular complexity index is 429. The monoisotopic (exact) mass is 332 g/mol. The number of rotatable bonds is 10. The Morgan fingerprint density at radius 1 is 0.739 bits per heavy atom. The first-order valence-corrected chi connectivity index (χ1v) is 7.22. The molecule has 0 aliphatic rings. The molecular weight excluding hydrogens is 308 g/mol. The molecule has 0 aromatic heterocycles. The Balaban J connectivity index is 4.09. The highest BCUT2D eigenvalue weighted by atomic mass is 16.6. The molecule has 0 saturated carbocycles. The van der Waals surface area contributed by atoms with E-state index in [-0.39, 0.29) is 32.2 Å². The molecule has 0 rings (SSSR count). The first-order chi connectivity index (χ1) is 10.8. The normalized spacial score (nSPS) is 13.0. The number of hydrogen-bond acceptors (Lipinski definition) is 10. The Kier molecular flexibility index (Phi) is 10.7. The van der Waals surface area contributed by atoms with Crippen molar-refractivity contribution in [3.05, 3.63) is 0 Å². The van der Waals surface area contributed by atoms with Crippen LogP contribution < -0.4 is 22.9 Å². The van der Waals surface area contributed by atoms with Gasteiger partial charge in [-0.25, -0.2) is 9.59 Å². The predicted molar refractivity (Wildman–Crippen MR) is 79.3 cm³/mol. The van der Waals surface area contributed by atoms with Crippen LogP contribution in [-0.2, 0) is 28.7 Å². The summed E-state index contributed by atoms with van der Waals surface area (Å²) in [5, 5.41) is 0. The molecule has 8 N–H and O–H groups in total. The maximum absolute atomic E-state index is 11.5. The van der Waals surface area contributed by atoms with Gasteiger partial charge in [-0.15, -0.1) is 0 Å². The topological polar surface area (TPSA) is 191 Å². The summed E-state index contributed by atoms with van der Waals surface area (Å²) < 4.78 is 8.97. The molecule has 23 heavy (non-hydrogen) atoms. The molecule has 0 amide bonds. The molecular formula is C13H24N4O6. The Morgan fingerprint density at radius 3 is 1.70 bits per heavy atom. The summed E-state index contributed by atoms with van der Waals surface area (Å²) in [5.41, 5.74) is 21.4. The van der Waals surface area contributed by atoms with E-state index in [0.29, 0.717) is 13.0 Å². The highest BCUT2D eigenvalue weighted by Gasteiger charge is 2.22. The minimum absolute atomic E-state index is 0.00450. The lowest BCUT2D eigenvalue weighted by Gasteiger charge is -2.11. The first kappa shape index (κ1) is 21.1. The molecule has 10 nitrogen and oxygen atoms in total. The summed E-state index contributed by atoms with van der Waals surface area (Å²) in [5.74, 6) is -3.46. The van der Waals surface area contributed by atoms with Crippen LogP contribution >= 0.6 is 0 Å². The van der Waals surface area contributed by atoms with Crippen LogP contribution in [0.4, 0.5) is 0 Å². The third kappa shape index (κ3) is 9.68. The van der Waals surface area contributed by atoms with Gasteiger partial charge in [0.05, 0.1) is 0 Å². The van der Waals surface area contributed by atoms with Gasteiger partial charge in [0.15, 0.2) is 0 Å². The van der Waals surface area contributed by atoms with Gasteiger partial charge in [-0.2, -0.15) is 0 Å². The lowest BCUT2D eigenvalue weighted by Crippen LogP contribution is -2.37. The minimum Gasteiger partial charge on any atom is -0.392 e. The van der Waals surface area contributed by atoms with Gasteiger partial charge in [-0.1, -0.05) is 0 Å². The summed E-state index contributed by atoms with van der Waals surface area (Å²) >= 11 is 0. The van der Waals surface area contributed by atoms with Crippen molar-refractivity contribution in [2.75, 3.05) is 13.1 Å². The van der Waals surface area contributed by atoms with Crippen LogP contribution in [0.15, 0.2) is 0 Å². The van der Waals surface area contributed by atoms with E-state index in [4.69, 9.17) is 22.9 Å². The second-order valence-electron chi connectivity index (χ2n) is 4.81. The molecule has 0 aliphatic heterocycles. The molecule has 0 spiro atoms. The van der Waals surface area contributed by atoms with Crippen LogP contribution in [0.1, 0.15) is 32.1 Å². The molecule has 0 radical (unpaired) electrons. The van der Waals surface area contributed by atoms with E-state index in [0.717, 1.165) is 0 Å². The molecule has 0 bridgehead atoms. The molecule has 0 aromatic carbocycles. The molecule has 132 valence electrons.